The van der Waals surface area contributed by atoms with Crippen LogP contribution in [0.25, 0.3) is 0 Å². The topological polar surface area (TPSA) is 15.3 Å². The summed E-state index contributed by atoms with van der Waals surface area (Å²) in [6.07, 6.45) is 1.13. The average molecular weight is 250 g/mol. The molecule has 18 heavy (non-hydrogen) atoms. The minimum Gasteiger partial charge on any atom is -0.371 e. The van der Waals surface area contributed by atoms with Gasteiger partial charge in [0, 0.05) is 24.8 Å². The second-order valence-electron chi connectivity index (χ2n) is 5.58. The number of benzene rings is 1. The smallest absolute Gasteiger partial charge is 0.126 e. The first-order valence-corrected chi connectivity index (χ1v) is 6.80. The molecule has 1 N–H and O–H groups in total. The van der Waals surface area contributed by atoms with Crippen molar-refractivity contribution in [2.75, 3.05) is 24.5 Å². The summed E-state index contributed by atoms with van der Waals surface area (Å²) >= 11 is 0. The number of halogens is 1. The van der Waals surface area contributed by atoms with Gasteiger partial charge in [0.2, 0.25) is 0 Å². The van der Waals surface area contributed by atoms with Crippen LogP contribution in [0.5, 0.6) is 0 Å². The highest BCUT2D eigenvalue weighted by molar-refractivity contribution is 5.49. The number of aryl methyl sites for hydroxylation is 1. The van der Waals surface area contributed by atoms with Gasteiger partial charge in [-0.05, 0) is 56.5 Å². The van der Waals surface area contributed by atoms with E-state index in [1.807, 2.05) is 19.1 Å². The molecule has 0 aromatic heterocycles. The van der Waals surface area contributed by atoms with Crippen molar-refractivity contribution in [1.82, 2.24) is 5.32 Å². The molecule has 2 atom stereocenters. The fourth-order valence-corrected chi connectivity index (χ4v) is 2.45. The Labute approximate surface area is 109 Å². The third kappa shape index (κ3) is 3.22. The van der Waals surface area contributed by atoms with Crippen molar-refractivity contribution in [2.24, 2.45) is 5.92 Å². The first-order chi connectivity index (χ1) is 8.56. The van der Waals surface area contributed by atoms with Crippen molar-refractivity contribution in [3.63, 3.8) is 0 Å². The molecule has 2 rings (SSSR count). The van der Waals surface area contributed by atoms with Gasteiger partial charge in [0.05, 0.1) is 0 Å². The van der Waals surface area contributed by atoms with Crippen LogP contribution in [0.4, 0.5) is 10.1 Å². The highest BCUT2D eigenvalue weighted by Crippen LogP contribution is 2.21. The van der Waals surface area contributed by atoms with Crippen LogP contribution in [0.1, 0.15) is 25.8 Å². The molecule has 0 bridgehead atoms. The monoisotopic (exact) mass is 250 g/mol. The fourth-order valence-electron chi connectivity index (χ4n) is 2.45. The summed E-state index contributed by atoms with van der Waals surface area (Å²) in [6.45, 7) is 9.43. The lowest BCUT2D eigenvalue weighted by molar-refractivity contribution is 0.411. The number of hydrogen-bond acceptors (Lipinski definition) is 2. The van der Waals surface area contributed by atoms with E-state index in [-0.39, 0.29) is 5.82 Å². The van der Waals surface area contributed by atoms with E-state index >= 15 is 0 Å². The van der Waals surface area contributed by atoms with E-state index < -0.39 is 0 Å². The lowest BCUT2D eigenvalue weighted by atomic mass is 10.1. The molecule has 0 aliphatic carbocycles. The van der Waals surface area contributed by atoms with Gasteiger partial charge in [0.1, 0.15) is 5.82 Å². The Morgan fingerprint density at radius 1 is 1.33 bits per heavy atom. The second kappa shape index (κ2) is 5.70. The van der Waals surface area contributed by atoms with Crippen LogP contribution < -0.4 is 10.2 Å². The van der Waals surface area contributed by atoms with E-state index in [1.165, 1.54) is 0 Å². The third-order valence-electron chi connectivity index (χ3n) is 3.69. The van der Waals surface area contributed by atoms with Crippen molar-refractivity contribution in [2.45, 2.75) is 33.2 Å². The van der Waals surface area contributed by atoms with Crippen molar-refractivity contribution >= 4 is 5.69 Å². The third-order valence-corrected chi connectivity index (χ3v) is 3.69. The van der Waals surface area contributed by atoms with Crippen molar-refractivity contribution in [1.29, 1.82) is 0 Å². The van der Waals surface area contributed by atoms with E-state index in [4.69, 9.17) is 0 Å². The first-order valence-electron chi connectivity index (χ1n) is 6.80. The quantitative estimate of drug-likeness (QED) is 0.824. The molecule has 2 unspecified atom stereocenters. The second-order valence-corrected chi connectivity index (χ2v) is 5.58. The summed E-state index contributed by atoms with van der Waals surface area (Å²) < 4.78 is 13.3. The van der Waals surface area contributed by atoms with Crippen LogP contribution in [0.3, 0.4) is 0 Å². The largest absolute Gasteiger partial charge is 0.371 e. The van der Waals surface area contributed by atoms with E-state index in [0.717, 1.165) is 37.3 Å². The van der Waals surface area contributed by atoms with E-state index in [0.29, 0.717) is 12.0 Å². The molecule has 1 fully saturated rings. The van der Waals surface area contributed by atoms with Crippen LogP contribution in [-0.4, -0.2) is 25.7 Å². The predicted octanol–water partition coefficient (Wildman–Crippen LogP) is 2.96. The lowest BCUT2D eigenvalue weighted by Crippen LogP contribution is -2.42. The van der Waals surface area contributed by atoms with Gasteiger partial charge in [-0.1, -0.05) is 6.92 Å². The Hall–Kier alpha value is -1.09. The standard InChI is InChI=1S/C15H23FN2/c1-11-9-17-13(3)6-7-18(10-11)14-4-5-15(16)12(2)8-14/h4-5,8,11,13,17H,6-7,9-10H2,1-3H3. The van der Waals surface area contributed by atoms with Crippen LogP contribution in [0, 0.1) is 18.7 Å². The van der Waals surface area contributed by atoms with Crippen molar-refractivity contribution in [3.8, 4) is 0 Å². The van der Waals surface area contributed by atoms with E-state index in [9.17, 15) is 4.39 Å². The van der Waals surface area contributed by atoms with Gasteiger partial charge in [-0.25, -0.2) is 4.39 Å². The molecule has 0 amide bonds. The minimum atomic E-state index is -0.117. The summed E-state index contributed by atoms with van der Waals surface area (Å²) in [5, 5.41) is 3.54. The van der Waals surface area contributed by atoms with Crippen LogP contribution in [-0.2, 0) is 0 Å². The molecule has 0 saturated carbocycles. The lowest BCUT2D eigenvalue weighted by Gasteiger charge is -2.33. The van der Waals surface area contributed by atoms with Gasteiger partial charge < -0.3 is 10.2 Å². The highest BCUT2D eigenvalue weighted by atomic mass is 19.1. The average Bonchev–Trinajstić information content (AvgIpc) is 2.33. The zero-order chi connectivity index (χ0) is 13.1. The van der Waals surface area contributed by atoms with Gasteiger partial charge in [0.25, 0.3) is 0 Å². The summed E-state index contributed by atoms with van der Waals surface area (Å²) in [5.41, 5.74) is 1.88. The number of nitrogens with one attached hydrogen (secondary N) is 1. The molecule has 1 saturated heterocycles. The summed E-state index contributed by atoms with van der Waals surface area (Å²) in [6, 6.07) is 5.99. The maximum absolute atomic E-state index is 13.3. The van der Waals surface area contributed by atoms with Crippen molar-refractivity contribution < 1.29 is 4.39 Å². The van der Waals surface area contributed by atoms with Crippen LogP contribution in [0.2, 0.25) is 0 Å². The molecule has 0 spiro atoms. The predicted molar refractivity (Wildman–Crippen MR) is 74.6 cm³/mol. The molecule has 3 heteroatoms. The maximum atomic E-state index is 13.3. The molecular formula is C15H23FN2. The zero-order valence-corrected chi connectivity index (χ0v) is 11.5. The van der Waals surface area contributed by atoms with Gasteiger partial charge in [0.15, 0.2) is 0 Å². The molecule has 1 aromatic rings. The number of rotatable bonds is 1. The Bertz CT molecular complexity index is 405. The van der Waals surface area contributed by atoms with Crippen LogP contribution >= 0.6 is 0 Å². The summed E-state index contributed by atoms with van der Waals surface area (Å²) in [5.74, 6) is 0.493. The van der Waals surface area contributed by atoms with Gasteiger partial charge in [-0.15, -0.1) is 0 Å². The zero-order valence-electron chi connectivity index (χ0n) is 11.5. The molecule has 0 radical (unpaired) electrons. The van der Waals surface area contributed by atoms with Crippen LogP contribution in [0.15, 0.2) is 18.2 Å². The molecule has 1 aliphatic rings. The maximum Gasteiger partial charge on any atom is 0.126 e. The van der Waals surface area contributed by atoms with Crippen molar-refractivity contribution in [3.05, 3.63) is 29.6 Å². The number of anilines is 1. The molecule has 1 aromatic carbocycles. The van der Waals surface area contributed by atoms with Gasteiger partial charge >= 0.3 is 0 Å². The van der Waals surface area contributed by atoms with E-state index in [2.05, 4.69) is 24.1 Å². The number of nitrogens with zero attached hydrogens (tertiary/aromatic N) is 1. The molecular weight excluding hydrogens is 227 g/mol. The molecule has 2 nitrogen and oxygen atoms in total. The first kappa shape index (κ1) is 13.3. The summed E-state index contributed by atoms with van der Waals surface area (Å²) in [7, 11) is 0. The molecule has 100 valence electrons. The molecule has 1 heterocycles. The fraction of sp³-hybridized carbons (Fsp3) is 0.600. The Kier molecular flexibility index (Phi) is 4.23. The molecule has 1 aliphatic heterocycles. The normalized spacial score (nSPS) is 25.7. The van der Waals surface area contributed by atoms with E-state index in [1.54, 1.807) is 6.07 Å². The Morgan fingerprint density at radius 2 is 2.11 bits per heavy atom. The summed E-state index contributed by atoms with van der Waals surface area (Å²) in [4.78, 5) is 2.38. The van der Waals surface area contributed by atoms with Gasteiger partial charge in [-0.3, -0.25) is 0 Å². The highest BCUT2D eigenvalue weighted by Gasteiger charge is 2.17. The minimum absolute atomic E-state index is 0.117. The number of hydrogen-bond donors (Lipinski definition) is 1. The SMILES string of the molecule is Cc1cc(N2CCC(C)NCC(C)C2)ccc1F. The van der Waals surface area contributed by atoms with Gasteiger partial charge in [-0.2, -0.15) is 0 Å². The Morgan fingerprint density at radius 3 is 2.83 bits per heavy atom. The Balaban J connectivity index is 2.15.